The van der Waals surface area contributed by atoms with Crippen LogP contribution in [-0.2, 0) is 11.2 Å². The predicted octanol–water partition coefficient (Wildman–Crippen LogP) is 4.05. The van der Waals surface area contributed by atoms with Crippen LogP contribution in [0.15, 0.2) is 84.3 Å². The first-order chi connectivity index (χ1) is 12.5. The molecule has 0 atom stereocenters. The summed E-state index contributed by atoms with van der Waals surface area (Å²) >= 11 is 0. The van der Waals surface area contributed by atoms with E-state index in [1.165, 1.54) is 0 Å². The molecule has 5 heteroatoms. The van der Waals surface area contributed by atoms with E-state index < -0.39 is 0 Å². The fourth-order valence-electron chi connectivity index (χ4n) is 2.09. The number of allylic oxidation sites excluding steroid dienone is 6. The van der Waals surface area contributed by atoms with Gasteiger partial charge in [-0.25, -0.2) is 0 Å². The van der Waals surface area contributed by atoms with Gasteiger partial charge in [-0.15, -0.1) is 0 Å². The minimum atomic E-state index is 0.660. The highest BCUT2D eigenvalue weighted by atomic mass is 16.5. The van der Waals surface area contributed by atoms with Gasteiger partial charge in [-0.05, 0) is 56.7 Å². The Labute approximate surface area is 156 Å². The van der Waals surface area contributed by atoms with E-state index in [1.807, 2.05) is 75.5 Å². The molecule has 0 fully saturated rings. The third-order valence-electron chi connectivity index (χ3n) is 3.47. The third kappa shape index (κ3) is 7.77. The lowest BCUT2D eigenvalue weighted by molar-refractivity contribution is 0.306. The van der Waals surface area contributed by atoms with Gasteiger partial charge < -0.3 is 20.2 Å². The molecule has 0 amide bonds. The van der Waals surface area contributed by atoms with Crippen LogP contribution >= 0.6 is 0 Å². The summed E-state index contributed by atoms with van der Waals surface area (Å²) in [6.07, 6.45) is 10.2. The monoisotopic (exact) mass is 355 g/mol. The molecule has 0 saturated carbocycles. The summed E-state index contributed by atoms with van der Waals surface area (Å²) in [5.41, 5.74) is 5.62. The van der Waals surface area contributed by atoms with E-state index in [0.717, 1.165) is 28.5 Å². The van der Waals surface area contributed by atoms with Gasteiger partial charge in [0.25, 0.3) is 0 Å². The van der Waals surface area contributed by atoms with Crippen LogP contribution < -0.4 is 21.3 Å². The molecule has 0 aliphatic carbocycles. The summed E-state index contributed by atoms with van der Waals surface area (Å²) in [5.74, 6) is 7.87. The number of hydrogen-bond donors (Lipinski definition) is 3. The van der Waals surface area contributed by atoms with Crippen LogP contribution in [0.25, 0.3) is 0 Å². The zero-order valence-corrected chi connectivity index (χ0v) is 16.0. The summed E-state index contributed by atoms with van der Waals surface area (Å²) in [6, 6.07) is 7.82. The fourth-order valence-corrected chi connectivity index (χ4v) is 2.09. The fraction of sp³-hybridized carbons (Fsp3) is 0.238. The van der Waals surface area contributed by atoms with Gasteiger partial charge in [0.15, 0.2) is 0 Å². The largest absolute Gasteiger partial charge is 0.497 e. The third-order valence-corrected chi connectivity index (χ3v) is 3.47. The highest BCUT2D eigenvalue weighted by Gasteiger charge is 2.00. The Kier molecular flexibility index (Phi) is 9.43. The quantitative estimate of drug-likeness (QED) is 0.256. The van der Waals surface area contributed by atoms with Crippen LogP contribution in [0.5, 0.6) is 5.75 Å². The molecule has 0 aliphatic rings. The number of hydrogen-bond acceptors (Lipinski definition) is 5. The van der Waals surface area contributed by atoms with Gasteiger partial charge in [-0.3, -0.25) is 5.84 Å². The van der Waals surface area contributed by atoms with Crippen molar-refractivity contribution in [3.8, 4) is 5.75 Å². The van der Waals surface area contributed by atoms with E-state index in [2.05, 4.69) is 17.3 Å². The van der Waals surface area contributed by atoms with E-state index in [-0.39, 0.29) is 0 Å². The van der Waals surface area contributed by atoms with E-state index in [4.69, 9.17) is 15.3 Å². The van der Waals surface area contributed by atoms with Gasteiger partial charge >= 0.3 is 0 Å². The Balaban J connectivity index is 2.73. The molecule has 5 nitrogen and oxygen atoms in total. The van der Waals surface area contributed by atoms with Crippen molar-refractivity contribution in [1.82, 2.24) is 10.7 Å². The SMILES string of the molecule is C=C(C)Oc1ccc(C/C(=C/NC(/C=C\C(=C/C)OC)=C/C)NN)cc1. The van der Waals surface area contributed by atoms with Crippen LogP contribution in [-0.4, -0.2) is 7.11 Å². The number of ether oxygens (including phenoxy) is 2. The average molecular weight is 355 g/mol. The van der Waals surface area contributed by atoms with Crippen molar-refractivity contribution >= 4 is 0 Å². The van der Waals surface area contributed by atoms with Gasteiger partial charge in [0, 0.05) is 24.0 Å². The lowest BCUT2D eigenvalue weighted by Crippen LogP contribution is -2.24. The Morgan fingerprint density at radius 1 is 1.15 bits per heavy atom. The lowest BCUT2D eigenvalue weighted by Gasteiger charge is -2.10. The molecule has 0 heterocycles. The normalized spacial score (nSPS) is 12.9. The first kappa shape index (κ1) is 21.1. The second-order valence-corrected chi connectivity index (χ2v) is 5.56. The first-order valence-corrected chi connectivity index (χ1v) is 8.41. The van der Waals surface area contributed by atoms with Crippen LogP contribution in [0, 0.1) is 0 Å². The van der Waals surface area contributed by atoms with Crippen LogP contribution in [0.2, 0.25) is 0 Å². The molecule has 0 saturated heterocycles. The number of nitrogens with two attached hydrogens (primary N) is 1. The lowest BCUT2D eigenvalue weighted by atomic mass is 10.1. The minimum absolute atomic E-state index is 0.660. The summed E-state index contributed by atoms with van der Waals surface area (Å²) in [7, 11) is 1.64. The Hall–Kier alpha value is -2.92. The molecule has 140 valence electrons. The first-order valence-electron chi connectivity index (χ1n) is 8.41. The molecule has 0 radical (unpaired) electrons. The summed E-state index contributed by atoms with van der Waals surface area (Å²) in [5, 5.41) is 3.23. The maximum atomic E-state index is 5.65. The van der Waals surface area contributed by atoms with E-state index >= 15 is 0 Å². The minimum Gasteiger partial charge on any atom is -0.497 e. The van der Waals surface area contributed by atoms with Gasteiger partial charge in [0.2, 0.25) is 0 Å². The number of hydrazine groups is 1. The summed E-state index contributed by atoms with van der Waals surface area (Å²) < 4.78 is 10.7. The zero-order chi connectivity index (χ0) is 19.4. The molecular formula is C21H29N3O2. The molecule has 1 rings (SSSR count). The van der Waals surface area contributed by atoms with Gasteiger partial charge in [-0.2, -0.15) is 0 Å². The summed E-state index contributed by atoms with van der Waals surface area (Å²) in [4.78, 5) is 0. The van der Waals surface area contributed by atoms with E-state index in [0.29, 0.717) is 12.2 Å². The van der Waals surface area contributed by atoms with Crippen molar-refractivity contribution in [2.45, 2.75) is 27.2 Å². The van der Waals surface area contributed by atoms with Crippen LogP contribution in [0.4, 0.5) is 0 Å². The number of benzene rings is 1. The zero-order valence-electron chi connectivity index (χ0n) is 16.0. The van der Waals surface area contributed by atoms with Crippen molar-refractivity contribution in [2.24, 2.45) is 5.84 Å². The summed E-state index contributed by atoms with van der Waals surface area (Å²) in [6.45, 7) is 9.43. The molecule has 26 heavy (non-hydrogen) atoms. The Bertz CT molecular complexity index is 698. The van der Waals surface area contributed by atoms with Crippen molar-refractivity contribution < 1.29 is 9.47 Å². The van der Waals surface area contributed by atoms with Crippen molar-refractivity contribution in [3.05, 3.63) is 89.8 Å². The van der Waals surface area contributed by atoms with E-state index in [1.54, 1.807) is 7.11 Å². The number of methoxy groups -OCH3 is 1. The van der Waals surface area contributed by atoms with Crippen molar-refractivity contribution in [1.29, 1.82) is 0 Å². The van der Waals surface area contributed by atoms with Crippen LogP contribution in [0.3, 0.4) is 0 Å². The maximum absolute atomic E-state index is 5.65. The molecule has 1 aromatic rings. The maximum Gasteiger partial charge on any atom is 0.126 e. The standard InChI is InChI=1S/C21H29N3O2/c1-6-18(10-13-20(7-2)25-5)23-15-19(24-22)14-17-8-11-21(12-9-17)26-16(3)4/h6-13,15,23-24H,3,14,22H2,1-2,4-5H3/b13-10-,18-6+,19-15-,20-7+. The smallest absolute Gasteiger partial charge is 0.126 e. The molecule has 4 N–H and O–H groups in total. The number of nitrogens with one attached hydrogen (secondary N) is 2. The molecule has 0 bridgehead atoms. The van der Waals surface area contributed by atoms with E-state index in [9.17, 15) is 0 Å². The molecule has 0 aliphatic heterocycles. The number of rotatable bonds is 10. The predicted molar refractivity (Wildman–Crippen MR) is 108 cm³/mol. The second-order valence-electron chi connectivity index (χ2n) is 5.56. The molecule has 0 aromatic heterocycles. The van der Waals surface area contributed by atoms with Gasteiger partial charge in [0.1, 0.15) is 11.5 Å². The molecule has 0 unspecified atom stereocenters. The van der Waals surface area contributed by atoms with Crippen molar-refractivity contribution in [3.63, 3.8) is 0 Å². The van der Waals surface area contributed by atoms with Crippen LogP contribution in [0.1, 0.15) is 26.3 Å². The Morgan fingerprint density at radius 2 is 1.85 bits per heavy atom. The average Bonchev–Trinajstić information content (AvgIpc) is 2.64. The molecule has 1 aromatic carbocycles. The molecule has 0 spiro atoms. The van der Waals surface area contributed by atoms with Gasteiger partial charge in [0.05, 0.1) is 12.9 Å². The Morgan fingerprint density at radius 3 is 2.35 bits per heavy atom. The highest BCUT2D eigenvalue weighted by Crippen LogP contribution is 2.16. The van der Waals surface area contributed by atoms with Crippen molar-refractivity contribution in [2.75, 3.05) is 7.11 Å². The highest BCUT2D eigenvalue weighted by molar-refractivity contribution is 5.31. The second kappa shape index (κ2) is 11.6. The van der Waals surface area contributed by atoms with Gasteiger partial charge in [-0.1, -0.05) is 24.8 Å². The topological polar surface area (TPSA) is 68.5 Å². The molecular weight excluding hydrogens is 326 g/mol.